The van der Waals surface area contributed by atoms with Crippen LogP contribution in [0, 0.1) is 11.6 Å². The Labute approximate surface area is 142 Å². The van der Waals surface area contributed by atoms with Gasteiger partial charge in [0.25, 0.3) is 5.91 Å². The molecule has 2 N–H and O–H groups in total. The van der Waals surface area contributed by atoms with Crippen LogP contribution in [0.3, 0.4) is 0 Å². The van der Waals surface area contributed by atoms with Crippen molar-refractivity contribution in [2.24, 2.45) is 0 Å². The lowest BCUT2D eigenvalue weighted by Crippen LogP contribution is -2.42. The van der Waals surface area contributed by atoms with Gasteiger partial charge in [0.2, 0.25) is 5.91 Å². The molecule has 0 radical (unpaired) electrons. The van der Waals surface area contributed by atoms with Crippen LogP contribution in [-0.2, 0) is 11.2 Å². The number of rotatable bonds is 3. The lowest BCUT2D eigenvalue weighted by Gasteiger charge is -2.09. The SMILES string of the molecule is O=C(Cc1cccc2ccccc12)NNC(=O)c1ccc(F)c(F)c1. The molecule has 6 heteroatoms. The summed E-state index contributed by atoms with van der Waals surface area (Å²) in [6.07, 6.45) is 0.0689. The quantitative estimate of drug-likeness (QED) is 0.720. The summed E-state index contributed by atoms with van der Waals surface area (Å²) in [5.41, 5.74) is 5.18. The fourth-order valence-corrected chi connectivity index (χ4v) is 2.50. The third-order valence-corrected chi connectivity index (χ3v) is 3.73. The molecule has 0 saturated carbocycles. The molecule has 0 unspecified atom stereocenters. The van der Waals surface area contributed by atoms with Crippen molar-refractivity contribution in [3.8, 4) is 0 Å². The van der Waals surface area contributed by atoms with Crippen molar-refractivity contribution < 1.29 is 18.4 Å². The summed E-state index contributed by atoms with van der Waals surface area (Å²) < 4.78 is 26.0. The smallest absolute Gasteiger partial charge is 0.269 e. The van der Waals surface area contributed by atoms with E-state index in [4.69, 9.17) is 0 Å². The van der Waals surface area contributed by atoms with Crippen LogP contribution in [0.25, 0.3) is 10.8 Å². The summed E-state index contributed by atoms with van der Waals surface area (Å²) in [4.78, 5) is 23.9. The minimum absolute atomic E-state index is 0.0689. The Hall–Kier alpha value is -3.28. The van der Waals surface area contributed by atoms with Crippen molar-refractivity contribution in [2.75, 3.05) is 0 Å². The Morgan fingerprint density at radius 3 is 2.40 bits per heavy atom. The van der Waals surface area contributed by atoms with E-state index in [9.17, 15) is 18.4 Å². The number of amides is 2. The lowest BCUT2D eigenvalue weighted by molar-refractivity contribution is -0.121. The van der Waals surface area contributed by atoms with Crippen molar-refractivity contribution in [3.05, 3.63) is 83.4 Å². The van der Waals surface area contributed by atoms with Gasteiger partial charge in [-0.2, -0.15) is 0 Å². The molecule has 0 heterocycles. The van der Waals surface area contributed by atoms with Gasteiger partial charge in [-0.15, -0.1) is 0 Å². The summed E-state index contributed by atoms with van der Waals surface area (Å²) in [6, 6.07) is 16.0. The van der Waals surface area contributed by atoms with Crippen LogP contribution in [0.4, 0.5) is 8.78 Å². The van der Waals surface area contributed by atoms with Crippen LogP contribution in [-0.4, -0.2) is 11.8 Å². The summed E-state index contributed by atoms with van der Waals surface area (Å²) in [6.45, 7) is 0. The van der Waals surface area contributed by atoms with Crippen LogP contribution in [0.1, 0.15) is 15.9 Å². The van der Waals surface area contributed by atoms with E-state index in [1.807, 2.05) is 42.5 Å². The topological polar surface area (TPSA) is 58.2 Å². The lowest BCUT2D eigenvalue weighted by atomic mass is 10.0. The molecule has 3 rings (SSSR count). The van der Waals surface area contributed by atoms with Gasteiger partial charge in [-0.1, -0.05) is 42.5 Å². The summed E-state index contributed by atoms with van der Waals surface area (Å²) in [5, 5.41) is 1.96. The van der Waals surface area contributed by atoms with Crippen LogP contribution in [0.5, 0.6) is 0 Å². The third kappa shape index (κ3) is 3.80. The fourth-order valence-electron chi connectivity index (χ4n) is 2.50. The Morgan fingerprint density at radius 1 is 0.840 bits per heavy atom. The van der Waals surface area contributed by atoms with Gasteiger partial charge in [-0.05, 0) is 34.5 Å². The minimum Gasteiger partial charge on any atom is -0.273 e. The first kappa shape index (κ1) is 16.6. The standard InChI is InChI=1S/C19H14F2N2O2/c20-16-9-8-14(10-17(16)21)19(25)23-22-18(24)11-13-6-3-5-12-4-1-2-7-15(12)13/h1-10H,11H2,(H,22,24)(H,23,25). The fraction of sp³-hybridized carbons (Fsp3) is 0.0526. The predicted molar refractivity (Wildman–Crippen MR) is 89.6 cm³/mol. The average molecular weight is 340 g/mol. The number of fused-ring (bicyclic) bond motifs is 1. The molecule has 126 valence electrons. The molecule has 0 aliphatic rings. The molecule has 0 aliphatic heterocycles. The maximum absolute atomic E-state index is 13.1. The van der Waals surface area contributed by atoms with Crippen LogP contribution in [0.15, 0.2) is 60.7 Å². The molecule has 4 nitrogen and oxygen atoms in total. The number of halogens is 2. The molecular formula is C19H14F2N2O2. The second-order valence-corrected chi connectivity index (χ2v) is 5.45. The molecule has 0 aromatic heterocycles. The Morgan fingerprint density at radius 2 is 1.60 bits per heavy atom. The van der Waals surface area contributed by atoms with E-state index in [1.165, 1.54) is 0 Å². The second kappa shape index (κ2) is 7.09. The predicted octanol–water partition coefficient (Wildman–Crippen LogP) is 3.12. The van der Waals surface area contributed by atoms with E-state index in [0.29, 0.717) is 0 Å². The molecule has 3 aromatic carbocycles. The van der Waals surface area contributed by atoms with E-state index < -0.39 is 23.4 Å². The van der Waals surface area contributed by atoms with E-state index in [-0.39, 0.29) is 12.0 Å². The van der Waals surface area contributed by atoms with Crippen molar-refractivity contribution in [1.82, 2.24) is 10.9 Å². The maximum Gasteiger partial charge on any atom is 0.269 e. The number of hydrazine groups is 1. The largest absolute Gasteiger partial charge is 0.273 e. The zero-order valence-electron chi connectivity index (χ0n) is 13.1. The Kier molecular flexibility index (Phi) is 4.70. The van der Waals surface area contributed by atoms with Crippen molar-refractivity contribution in [2.45, 2.75) is 6.42 Å². The van der Waals surface area contributed by atoms with E-state index in [2.05, 4.69) is 10.9 Å². The molecule has 3 aromatic rings. The Bertz CT molecular complexity index is 952. The summed E-state index contributed by atoms with van der Waals surface area (Å²) in [7, 11) is 0. The average Bonchev–Trinajstić information content (AvgIpc) is 2.62. The van der Waals surface area contributed by atoms with Gasteiger partial charge in [0.1, 0.15) is 0 Å². The van der Waals surface area contributed by atoms with E-state index >= 15 is 0 Å². The number of nitrogens with one attached hydrogen (secondary N) is 2. The van der Waals surface area contributed by atoms with Gasteiger partial charge in [-0.3, -0.25) is 20.4 Å². The monoisotopic (exact) mass is 340 g/mol. The van der Waals surface area contributed by atoms with Gasteiger partial charge in [0.05, 0.1) is 6.42 Å². The van der Waals surface area contributed by atoms with Gasteiger partial charge < -0.3 is 0 Å². The van der Waals surface area contributed by atoms with Crippen LogP contribution < -0.4 is 10.9 Å². The molecule has 0 spiro atoms. The summed E-state index contributed by atoms with van der Waals surface area (Å²) >= 11 is 0. The third-order valence-electron chi connectivity index (χ3n) is 3.73. The summed E-state index contributed by atoms with van der Waals surface area (Å²) in [5.74, 6) is -3.33. The molecule has 25 heavy (non-hydrogen) atoms. The van der Waals surface area contributed by atoms with Crippen molar-refractivity contribution in [3.63, 3.8) is 0 Å². The second-order valence-electron chi connectivity index (χ2n) is 5.45. The normalized spacial score (nSPS) is 10.5. The first-order chi connectivity index (χ1) is 12.0. The molecule has 0 bridgehead atoms. The Balaban J connectivity index is 1.64. The zero-order valence-corrected chi connectivity index (χ0v) is 13.1. The molecule has 0 aliphatic carbocycles. The van der Waals surface area contributed by atoms with Gasteiger partial charge in [0.15, 0.2) is 11.6 Å². The first-order valence-corrected chi connectivity index (χ1v) is 7.55. The minimum atomic E-state index is -1.13. The highest BCUT2D eigenvalue weighted by molar-refractivity contribution is 5.96. The highest BCUT2D eigenvalue weighted by Crippen LogP contribution is 2.18. The molecule has 0 fully saturated rings. The maximum atomic E-state index is 13.1. The van der Waals surface area contributed by atoms with Gasteiger partial charge in [0, 0.05) is 5.56 Å². The van der Waals surface area contributed by atoms with Gasteiger partial charge >= 0.3 is 0 Å². The number of carbonyl (C=O) groups is 2. The van der Waals surface area contributed by atoms with Crippen molar-refractivity contribution >= 4 is 22.6 Å². The first-order valence-electron chi connectivity index (χ1n) is 7.55. The molecule has 0 atom stereocenters. The zero-order chi connectivity index (χ0) is 17.8. The highest BCUT2D eigenvalue weighted by Gasteiger charge is 2.11. The molecule has 0 saturated heterocycles. The number of benzene rings is 3. The number of carbonyl (C=O) groups excluding carboxylic acids is 2. The number of hydrogen-bond acceptors (Lipinski definition) is 2. The van der Waals surface area contributed by atoms with Crippen LogP contribution in [0.2, 0.25) is 0 Å². The van der Waals surface area contributed by atoms with Gasteiger partial charge in [-0.25, -0.2) is 8.78 Å². The van der Waals surface area contributed by atoms with Crippen LogP contribution >= 0.6 is 0 Å². The van der Waals surface area contributed by atoms with E-state index in [0.717, 1.165) is 34.5 Å². The molecular weight excluding hydrogens is 326 g/mol. The van der Waals surface area contributed by atoms with Crippen molar-refractivity contribution in [1.29, 1.82) is 0 Å². The number of hydrogen-bond donors (Lipinski definition) is 2. The molecule has 2 amide bonds. The highest BCUT2D eigenvalue weighted by atomic mass is 19.2. The van der Waals surface area contributed by atoms with E-state index in [1.54, 1.807) is 0 Å².